The van der Waals surface area contributed by atoms with Gasteiger partial charge in [0.1, 0.15) is 6.33 Å². The highest BCUT2D eigenvalue weighted by atomic mass is 33.1. The van der Waals surface area contributed by atoms with E-state index in [9.17, 15) is 4.79 Å². The average molecular weight is 334 g/mol. The predicted molar refractivity (Wildman–Crippen MR) is 89.0 cm³/mol. The zero-order chi connectivity index (χ0) is 15.2. The van der Waals surface area contributed by atoms with E-state index in [1.807, 2.05) is 30.3 Å². The van der Waals surface area contributed by atoms with E-state index in [4.69, 9.17) is 0 Å². The van der Waals surface area contributed by atoms with Gasteiger partial charge in [0.15, 0.2) is 0 Å². The first-order chi connectivity index (χ1) is 10.8. The lowest BCUT2D eigenvalue weighted by Gasteiger charge is -2.22. The summed E-state index contributed by atoms with van der Waals surface area (Å²) in [5.74, 6) is 0. The van der Waals surface area contributed by atoms with Gasteiger partial charge in [-0.1, -0.05) is 37.5 Å². The van der Waals surface area contributed by atoms with Crippen molar-refractivity contribution in [1.82, 2.24) is 20.1 Å². The molecule has 22 heavy (non-hydrogen) atoms. The van der Waals surface area contributed by atoms with Crippen molar-refractivity contribution in [3.8, 4) is 0 Å². The molecule has 3 rings (SSSR count). The number of rotatable bonds is 4. The van der Waals surface area contributed by atoms with Crippen LogP contribution in [0.3, 0.4) is 0 Å². The summed E-state index contributed by atoms with van der Waals surface area (Å²) >= 11 is 0. The van der Waals surface area contributed by atoms with E-state index in [0.717, 1.165) is 17.7 Å². The Labute approximate surface area is 137 Å². The number of nitrogens with one attached hydrogen (secondary N) is 1. The summed E-state index contributed by atoms with van der Waals surface area (Å²) < 4.78 is 1.29. The molecule has 0 atom stereocenters. The van der Waals surface area contributed by atoms with Gasteiger partial charge in [-0.15, -0.1) is 5.10 Å². The second-order valence-corrected chi connectivity index (χ2v) is 7.41. The van der Waals surface area contributed by atoms with Gasteiger partial charge in [-0.25, -0.2) is 9.78 Å². The first-order valence-corrected chi connectivity index (χ1v) is 9.58. The van der Waals surface area contributed by atoms with Crippen molar-refractivity contribution in [1.29, 1.82) is 0 Å². The standard InChI is InChI=1S/C15H18N4OS2/c20-15(17-12-7-3-1-4-8-12)19-11-16-14(18-19)22-21-13-9-5-2-6-10-13/h2,5-6,9-12H,1,3-4,7-8H2,(H,17,20). The van der Waals surface area contributed by atoms with E-state index < -0.39 is 0 Å². The molecule has 1 aliphatic carbocycles. The van der Waals surface area contributed by atoms with Crippen molar-refractivity contribution in [2.24, 2.45) is 0 Å². The van der Waals surface area contributed by atoms with Crippen molar-refractivity contribution in [2.75, 3.05) is 0 Å². The Hall–Kier alpha value is -1.47. The van der Waals surface area contributed by atoms with Crippen LogP contribution in [-0.2, 0) is 0 Å². The molecule has 1 heterocycles. The fraction of sp³-hybridized carbons (Fsp3) is 0.400. The van der Waals surface area contributed by atoms with Crippen molar-refractivity contribution in [3.05, 3.63) is 36.7 Å². The number of carbonyl (C=O) groups is 1. The van der Waals surface area contributed by atoms with Gasteiger partial charge < -0.3 is 5.32 Å². The van der Waals surface area contributed by atoms with Gasteiger partial charge in [0, 0.05) is 10.9 Å². The molecule has 2 aromatic rings. The highest BCUT2D eigenvalue weighted by Crippen LogP contribution is 2.34. The fourth-order valence-corrected chi connectivity index (χ4v) is 4.16. The molecule has 0 aliphatic heterocycles. The number of carbonyl (C=O) groups excluding carboxylic acids is 1. The first-order valence-electron chi connectivity index (χ1n) is 7.43. The summed E-state index contributed by atoms with van der Waals surface area (Å²) in [5, 5.41) is 7.84. The summed E-state index contributed by atoms with van der Waals surface area (Å²) in [7, 11) is 3.03. The van der Waals surface area contributed by atoms with E-state index in [0.29, 0.717) is 5.16 Å². The highest BCUT2D eigenvalue weighted by molar-refractivity contribution is 8.76. The van der Waals surface area contributed by atoms with Crippen molar-refractivity contribution in [3.63, 3.8) is 0 Å². The molecule has 0 unspecified atom stereocenters. The maximum Gasteiger partial charge on any atom is 0.343 e. The van der Waals surface area contributed by atoms with E-state index in [1.165, 1.54) is 41.1 Å². The molecule has 1 aromatic heterocycles. The van der Waals surface area contributed by atoms with Crippen LogP contribution >= 0.6 is 21.6 Å². The molecule has 7 heteroatoms. The average Bonchev–Trinajstić information content (AvgIpc) is 3.04. The SMILES string of the molecule is O=C(NC1CCCCC1)n1cnc(SSc2ccccc2)n1. The Morgan fingerprint density at radius 3 is 2.68 bits per heavy atom. The zero-order valence-electron chi connectivity index (χ0n) is 12.1. The summed E-state index contributed by atoms with van der Waals surface area (Å²) in [5.41, 5.74) is 0. The van der Waals surface area contributed by atoms with Crippen LogP contribution in [0.4, 0.5) is 4.79 Å². The molecule has 1 amide bonds. The maximum atomic E-state index is 12.1. The van der Waals surface area contributed by atoms with Crippen molar-refractivity contribution >= 4 is 27.6 Å². The highest BCUT2D eigenvalue weighted by Gasteiger charge is 2.17. The molecule has 0 radical (unpaired) electrons. The van der Waals surface area contributed by atoms with E-state index in [-0.39, 0.29) is 12.1 Å². The van der Waals surface area contributed by atoms with Crippen LogP contribution in [0.5, 0.6) is 0 Å². The number of aromatic nitrogens is 3. The van der Waals surface area contributed by atoms with Gasteiger partial charge in [0.05, 0.1) is 0 Å². The minimum Gasteiger partial charge on any atom is -0.333 e. The van der Waals surface area contributed by atoms with Gasteiger partial charge >= 0.3 is 6.03 Å². The number of amides is 1. The molecule has 1 aliphatic rings. The quantitative estimate of drug-likeness (QED) is 0.857. The van der Waals surface area contributed by atoms with Crippen molar-refractivity contribution in [2.45, 2.75) is 48.2 Å². The third-order valence-electron chi connectivity index (χ3n) is 3.57. The third-order valence-corrected chi connectivity index (χ3v) is 5.73. The molecule has 0 spiro atoms. The zero-order valence-corrected chi connectivity index (χ0v) is 13.8. The number of hydrogen-bond acceptors (Lipinski definition) is 5. The Morgan fingerprint density at radius 2 is 1.91 bits per heavy atom. The Kier molecular flexibility index (Phi) is 5.39. The van der Waals surface area contributed by atoms with E-state index in [1.54, 1.807) is 10.8 Å². The second-order valence-electron chi connectivity index (χ2n) is 5.24. The van der Waals surface area contributed by atoms with Crippen LogP contribution in [0.15, 0.2) is 46.7 Å². The van der Waals surface area contributed by atoms with Gasteiger partial charge in [-0.05, 0) is 46.6 Å². The Balaban J connectivity index is 1.52. The molecular weight excluding hydrogens is 316 g/mol. The Morgan fingerprint density at radius 1 is 1.14 bits per heavy atom. The molecular formula is C15H18N4OS2. The van der Waals surface area contributed by atoms with Gasteiger partial charge in [-0.3, -0.25) is 0 Å². The lowest BCUT2D eigenvalue weighted by Crippen LogP contribution is -2.39. The van der Waals surface area contributed by atoms with Crippen LogP contribution < -0.4 is 5.32 Å². The maximum absolute atomic E-state index is 12.1. The molecule has 5 nitrogen and oxygen atoms in total. The largest absolute Gasteiger partial charge is 0.343 e. The van der Waals surface area contributed by atoms with E-state index in [2.05, 4.69) is 15.4 Å². The second kappa shape index (κ2) is 7.69. The molecule has 116 valence electrons. The molecule has 1 aromatic carbocycles. The van der Waals surface area contributed by atoms with Crippen LogP contribution in [0.2, 0.25) is 0 Å². The molecule has 1 N–H and O–H groups in total. The fourth-order valence-electron chi connectivity index (χ4n) is 2.43. The summed E-state index contributed by atoms with van der Waals surface area (Å²) in [6.45, 7) is 0. The Bertz CT molecular complexity index is 611. The third kappa shape index (κ3) is 4.27. The normalized spacial score (nSPS) is 15.6. The summed E-state index contributed by atoms with van der Waals surface area (Å²) in [6.07, 6.45) is 7.26. The molecule has 1 fully saturated rings. The molecule has 0 saturated heterocycles. The number of benzene rings is 1. The van der Waals surface area contributed by atoms with Crippen LogP contribution in [0.1, 0.15) is 32.1 Å². The van der Waals surface area contributed by atoms with E-state index >= 15 is 0 Å². The number of nitrogens with zero attached hydrogens (tertiary/aromatic N) is 3. The topological polar surface area (TPSA) is 59.8 Å². The molecule has 0 bridgehead atoms. The lowest BCUT2D eigenvalue weighted by molar-refractivity contribution is 0.231. The molecule has 1 saturated carbocycles. The monoisotopic (exact) mass is 334 g/mol. The first kappa shape index (κ1) is 15.4. The van der Waals surface area contributed by atoms with Gasteiger partial charge in [-0.2, -0.15) is 4.68 Å². The number of hydrogen-bond donors (Lipinski definition) is 1. The summed E-state index contributed by atoms with van der Waals surface area (Å²) in [4.78, 5) is 17.4. The predicted octanol–water partition coefficient (Wildman–Crippen LogP) is 3.97. The van der Waals surface area contributed by atoms with Crippen LogP contribution in [0, 0.1) is 0 Å². The van der Waals surface area contributed by atoms with Gasteiger partial charge in [0.2, 0.25) is 5.16 Å². The van der Waals surface area contributed by atoms with Crippen molar-refractivity contribution < 1.29 is 4.79 Å². The summed E-state index contributed by atoms with van der Waals surface area (Å²) in [6, 6.07) is 10.1. The minimum atomic E-state index is -0.184. The van der Waals surface area contributed by atoms with Crippen LogP contribution in [-0.4, -0.2) is 26.8 Å². The minimum absolute atomic E-state index is 0.184. The lowest BCUT2D eigenvalue weighted by atomic mass is 9.96. The van der Waals surface area contributed by atoms with Gasteiger partial charge in [0.25, 0.3) is 0 Å². The smallest absolute Gasteiger partial charge is 0.333 e. The van der Waals surface area contributed by atoms with Crippen LogP contribution in [0.25, 0.3) is 0 Å².